The maximum absolute atomic E-state index is 5.13. The molecule has 0 spiro atoms. The van der Waals surface area contributed by atoms with Gasteiger partial charge in [0.25, 0.3) is 0 Å². The van der Waals surface area contributed by atoms with E-state index in [-0.39, 0.29) is 0 Å². The van der Waals surface area contributed by atoms with E-state index >= 15 is 0 Å². The molecule has 0 fully saturated rings. The molecule has 0 aliphatic rings. The number of methoxy groups -OCH3 is 2. The molecule has 0 saturated heterocycles. The number of benzene rings is 1. The number of ether oxygens (including phenoxy) is 2. The fourth-order valence-electron chi connectivity index (χ4n) is 1.08. The zero-order chi connectivity index (χ0) is 9.73. The number of rotatable bonds is 4. The zero-order valence-corrected chi connectivity index (χ0v) is 8.75. The van der Waals surface area contributed by atoms with Gasteiger partial charge in [-0.3, -0.25) is 0 Å². The van der Waals surface area contributed by atoms with Crippen molar-refractivity contribution in [1.82, 2.24) is 0 Å². The molecule has 3 heteroatoms. The van der Waals surface area contributed by atoms with Gasteiger partial charge in [0.1, 0.15) is 0 Å². The molecular weight excluding hydrogens is 184 g/mol. The zero-order valence-electron chi connectivity index (χ0n) is 7.86. The normalized spacial score (nSPS) is 11.6. The van der Waals surface area contributed by atoms with E-state index in [2.05, 4.69) is 12.6 Å². The minimum Gasteiger partial charge on any atom is -0.345 e. The highest BCUT2D eigenvalue weighted by Gasteiger charge is 2.24. The molecule has 0 aromatic heterocycles. The Balaban J connectivity index is 2.68. The van der Waals surface area contributed by atoms with Gasteiger partial charge in [0, 0.05) is 20.6 Å². The second kappa shape index (κ2) is 4.65. The van der Waals surface area contributed by atoms with E-state index in [0.29, 0.717) is 6.42 Å². The fraction of sp³-hybridized carbons (Fsp3) is 0.400. The van der Waals surface area contributed by atoms with Gasteiger partial charge >= 0.3 is 0 Å². The molecule has 0 radical (unpaired) electrons. The molecule has 1 aromatic rings. The van der Waals surface area contributed by atoms with Crippen molar-refractivity contribution >= 4 is 12.6 Å². The highest BCUT2D eigenvalue weighted by molar-refractivity contribution is 7.81. The smallest absolute Gasteiger partial charge is 0.218 e. The number of thiol groups is 1. The van der Waals surface area contributed by atoms with Crippen LogP contribution in [-0.2, 0) is 15.9 Å². The first-order valence-corrected chi connectivity index (χ1v) is 4.51. The second-order valence-electron chi connectivity index (χ2n) is 2.78. The van der Waals surface area contributed by atoms with Crippen LogP contribution in [0.25, 0.3) is 0 Å². The molecule has 0 aliphatic carbocycles. The second-order valence-corrected chi connectivity index (χ2v) is 3.46. The summed E-state index contributed by atoms with van der Waals surface area (Å²) in [6, 6.07) is 9.97. The number of hydrogen-bond donors (Lipinski definition) is 1. The van der Waals surface area contributed by atoms with Gasteiger partial charge in [0.2, 0.25) is 5.12 Å². The van der Waals surface area contributed by atoms with Crippen LogP contribution in [0, 0.1) is 0 Å². The van der Waals surface area contributed by atoms with Crippen molar-refractivity contribution in [3.05, 3.63) is 35.9 Å². The Morgan fingerprint density at radius 3 is 2.15 bits per heavy atom. The van der Waals surface area contributed by atoms with E-state index in [1.807, 2.05) is 30.3 Å². The van der Waals surface area contributed by atoms with Crippen LogP contribution in [0.4, 0.5) is 0 Å². The first kappa shape index (κ1) is 10.6. The van der Waals surface area contributed by atoms with Crippen LogP contribution in [0.15, 0.2) is 30.3 Å². The van der Waals surface area contributed by atoms with E-state index < -0.39 is 5.12 Å². The molecule has 1 aromatic carbocycles. The summed E-state index contributed by atoms with van der Waals surface area (Å²) in [7, 11) is 3.17. The molecule has 0 atom stereocenters. The molecule has 0 N–H and O–H groups in total. The Morgan fingerprint density at radius 1 is 1.15 bits per heavy atom. The third-order valence-corrected chi connectivity index (χ3v) is 2.43. The minimum atomic E-state index is -0.818. The Kier molecular flexibility index (Phi) is 3.78. The van der Waals surface area contributed by atoms with Crippen LogP contribution in [0.2, 0.25) is 0 Å². The Morgan fingerprint density at radius 2 is 1.69 bits per heavy atom. The van der Waals surface area contributed by atoms with Crippen LogP contribution >= 0.6 is 12.6 Å². The lowest BCUT2D eigenvalue weighted by Gasteiger charge is -2.24. The molecular formula is C10H14O2S. The topological polar surface area (TPSA) is 18.5 Å². The molecule has 0 aliphatic heterocycles. The van der Waals surface area contributed by atoms with Crippen molar-refractivity contribution in [3.8, 4) is 0 Å². The van der Waals surface area contributed by atoms with Gasteiger partial charge in [-0.2, -0.15) is 0 Å². The predicted octanol–water partition coefficient (Wildman–Crippen LogP) is 2.11. The van der Waals surface area contributed by atoms with Crippen LogP contribution < -0.4 is 0 Å². The van der Waals surface area contributed by atoms with Crippen LogP contribution in [-0.4, -0.2) is 19.3 Å². The first-order chi connectivity index (χ1) is 6.20. The van der Waals surface area contributed by atoms with Gasteiger partial charge in [-0.1, -0.05) is 30.3 Å². The van der Waals surface area contributed by atoms with Crippen LogP contribution in [0.5, 0.6) is 0 Å². The van der Waals surface area contributed by atoms with E-state index in [4.69, 9.17) is 9.47 Å². The molecule has 0 bridgehead atoms. The lowest BCUT2D eigenvalue weighted by Crippen LogP contribution is -2.29. The van der Waals surface area contributed by atoms with Crippen molar-refractivity contribution in [2.45, 2.75) is 11.5 Å². The van der Waals surface area contributed by atoms with Gasteiger partial charge in [-0.25, -0.2) is 0 Å². The molecule has 0 amide bonds. The molecule has 72 valence electrons. The van der Waals surface area contributed by atoms with Crippen LogP contribution in [0.3, 0.4) is 0 Å². The average molecular weight is 198 g/mol. The van der Waals surface area contributed by atoms with Crippen molar-refractivity contribution in [3.63, 3.8) is 0 Å². The lowest BCUT2D eigenvalue weighted by atomic mass is 10.1. The SMILES string of the molecule is COC(S)(Cc1ccccc1)OC. The van der Waals surface area contributed by atoms with E-state index in [1.165, 1.54) is 0 Å². The standard InChI is InChI=1S/C10H14O2S/c1-11-10(13,12-2)8-9-6-4-3-5-7-9/h3-7,13H,8H2,1-2H3. The minimum absolute atomic E-state index is 0.629. The molecule has 0 unspecified atom stereocenters. The lowest BCUT2D eigenvalue weighted by molar-refractivity contribution is -0.130. The van der Waals surface area contributed by atoms with Crippen molar-refractivity contribution in [1.29, 1.82) is 0 Å². The van der Waals surface area contributed by atoms with Gasteiger partial charge < -0.3 is 9.47 Å². The fourth-order valence-corrected chi connectivity index (χ4v) is 1.26. The predicted molar refractivity (Wildman–Crippen MR) is 55.9 cm³/mol. The van der Waals surface area contributed by atoms with Gasteiger partial charge in [0.05, 0.1) is 0 Å². The third kappa shape index (κ3) is 3.03. The summed E-state index contributed by atoms with van der Waals surface area (Å²) in [6.07, 6.45) is 0.629. The summed E-state index contributed by atoms with van der Waals surface area (Å²) in [5, 5.41) is -0.818. The molecule has 0 heterocycles. The summed E-state index contributed by atoms with van der Waals surface area (Å²) in [4.78, 5) is 0. The van der Waals surface area contributed by atoms with Gasteiger partial charge in [-0.15, -0.1) is 12.6 Å². The summed E-state index contributed by atoms with van der Waals surface area (Å²) < 4.78 is 10.3. The Labute approximate surface area is 84.3 Å². The molecule has 0 saturated carbocycles. The maximum Gasteiger partial charge on any atom is 0.218 e. The third-order valence-electron chi connectivity index (χ3n) is 1.91. The monoisotopic (exact) mass is 198 g/mol. The van der Waals surface area contributed by atoms with E-state index in [0.717, 1.165) is 5.56 Å². The van der Waals surface area contributed by atoms with Crippen molar-refractivity contribution < 1.29 is 9.47 Å². The summed E-state index contributed by atoms with van der Waals surface area (Å²) >= 11 is 4.29. The summed E-state index contributed by atoms with van der Waals surface area (Å²) in [5.74, 6) is 0. The average Bonchev–Trinajstić information content (AvgIpc) is 2.19. The summed E-state index contributed by atoms with van der Waals surface area (Å²) in [5.41, 5.74) is 1.14. The Hall–Kier alpha value is -0.510. The maximum atomic E-state index is 5.13. The quantitative estimate of drug-likeness (QED) is 0.590. The summed E-state index contributed by atoms with van der Waals surface area (Å²) in [6.45, 7) is 0. The van der Waals surface area contributed by atoms with E-state index in [9.17, 15) is 0 Å². The Bertz CT molecular complexity index is 244. The molecule has 1 rings (SSSR count). The molecule has 2 nitrogen and oxygen atoms in total. The largest absolute Gasteiger partial charge is 0.345 e. The van der Waals surface area contributed by atoms with Crippen molar-refractivity contribution in [2.75, 3.05) is 14.2 Å². The van der Waals surface area contributed by atoms with Gasteiger partial charge in [-0.05, 0) is 5.56 Å². The highest BCUT2D eigenvalue weighted by atomic mass is 32.1. The van der Waals surface area contributed by atoms with Gasteiger partial charge in [0.15, 0.2) is 0 Å². The number of hydrogen-bond acceptors (Lipinski definition) is 3. The molecule has 13 heavy (non-hydrogen) atoms. The first-order valence-electron chi connectivity index (χ1n) is 4.07. The van der Waals surface area contributed by atoms with Crippen molar-refractivity contribution in [2.24, 2.45) is 0 Å². The van der Waals surface area contributed by atoms with E-state index in [1.54, 1.807) is 14.2 Å². The van der Waals surface area contributed by atoms with Crippen LogP contribution in [0.1, 0.15) is 5.56 Å². The highest BCUT2D eigenvalue weighted by Crippen LogP contribution is 2.21.